The second kappa shape index (κ2) is 8.21. The zero-order chi connectivity index (χ0) is 19.3. The van der Waals surface area contributed by atoms with Crippen LogP contribution in [0.25, 0.3) is 16.3 Å². The number of rotatable bonds is 5. The number of carbonyl (C=O) groups is 1. The minimum atomic E-state index is -0.366. The van der Waals surface area contributed by atoms with Gasteiger partial charge >= 0.3 is 0 Å². The summed E-state index contributed by atoms with van der Waals surface area (Å²) in [5.41, 5.74) is 5.44. The van der Waals surface area contributed by atoms with Crippen LogP contribution in [0.15, 0.2) is 83.4 Å². The first kappa shape index (κ1) is 18.2. The molecule has 1 amide bonds. The van der Waals surface area contributed by atoms with Gasteiger partial charge in [-0.15, -0.1) is 11.3 Å². The first-order valence-corrected chi connectivity index (χ1v) is 9.75. The number of thiophene rings is 1. The summed E-state index contributed by atoms with van der Waals surface area (Å²) in [4.78, 5) is 13.3. The Morgan fingerprint density at radius 3 is 2.61 bits per heavy atom. The lowest BCUT2D eigenvalue weighted by Crippen LogP contribution is -2.17. The summed E-state index contributed by atoms with van der Waals surface area (Å²) in [5, 5.41) is 11.2. The largest absolute Gasteiger partial charge is 0.272 e. The van der Waals surface area contributed by atoms with E-state index in [1.807, 2.05) is 54.0 Å². The number of hydrazone groups is 1. The van der Waals surface area contributed by atoms with Crippen LogP contribution < -0.4 is 5.43 Å². The minimum Gasteiger partial charge on any atom is -0.267 e. The molecule has 4 rings (SSSR count). The molecule has 138 valence electrons. The Bertz CT molecular complexity index is 1120. The van der Waals surface area contributed by atoms with Crippen molar-refractivity contribution in [1.82, 2.24) is 15.2 Å². The van der Waals surface area contributed by atoms with Crippen LogP contribution in [0, 0.1) is 0 Å². The van der Waals surface area contributed by atoms with Crippen molar-refractivity contribution in [2.24, 2.45) is 5.10 Å². The summed E-state index contributed by atoms with van der Waals surface area (Å²) >= 11 is 7.65. The van der Waals surface area contributed by atoms with Gasteiger partial charge in [-0.3, -0.25) is 4.79 Å². The molecule has 1 N–H and O–H groups in total. The number of aromatic nitrogens is 2. The maximum Gasteiger partial charge on any atom is 0.272 e. The third-order valence-electron chi connectivity index (χ3n) is 4.01. The van der Waals surface area contributed by atoms with Gasteiger partial charge in [0.05, 0.1) is 27.4 Å². The number of para-hydroxylation sites is 1. The van der Waals surface area contributed by atoms with Crippen molar-refractivity contribution in [2.75, 3.05) is 0 Å². The van der Waals surface area contributed by atoms with Crippen LogP contribution >= 0.6 is 22.9 Å². The van der Waals surface area contributed by atoms with E-state index in [2.05, 4.69) is 10.5 Å². The second-order valence-corrected chi connectivity index (χ2v) is 7.22. The van der Waals surface area contributed by atoms with Gasteiger partial charge in [0, 0.05) is 11.8 Å². The van der Waals surface area contributed by atoms with Gasteiger partial charge in [0.25, 0.3) is 5.91 Å². The molecule has 0 bridgehead atoms. The monoisotopic (exact) mass is 406 g/mol. The van der Waals surface area contributed by atoms with E-state index in [9.17, 15) is 4.79 Å². The van der Waals surface area contributed by atoms with E-state index >= 15 is 0 Å². The van der Waals surface area contributed by atoms with Crippen LogP contribution in [0.3, 0.4) is 0 Å². The molecule has 2 heterocycles. The third kappa shape index (κ3) is 3.88. The molecular formula is C21H15ClN4OS. The van der Waals surface area contributed by atoms with Gasteiger partial charge in [-0.25, -0.2) is 10.1 Å². The molecule has 0 atom stereocenters. The normalized spacial score (nSPS) is 11.0. The highest BCUT2D eigenvalue weighted by molar-refractivity contribution is 7.13. The molecule has 0 saturated heterocycles. The summed E-state index contributed by atoms with van der Waals surface area (Å²) in [7, 11) is 0. The van der Waals surface area contributed by atoms with Crippen LogP contribution in [0.1, 0.15) is 15.9 Å². The molecule has 2 aromatic heterocycles. The van der Waals surface area contributed by atoms with Crippen molar-refractivity contribution in [1.29, 1.82) is 0 Å². The van der Waals surface area contributed by atoms with Crippen molar-refractivity contribution in [3.8, 4) is 16.3 Å². The zero-order valence-electron chi connectivity index (χ0n) is 14.6. The molecule has 0 aliphatic carbocycles. The van der Waals surface area contributed by atoms with Crippen molar-refractivity contribution < 1.29 is 4.79 Å². The summed E-state index contributed by atoms with van der Waals surface area (Å²) in [6, 6.07) is 20.6. The lowest BCUT2D eigenvalue weighted by atomic mass is 10.2. The van der Waals surface area contributed by atoms with Crippen LogP contribution in [0.4, 0.5) is 0 Å². The second-order valence-electron chi connectivity index (χ2n) is 5.87. The quantitative estimate of drug-likeness (QED) is 0.373. The molecule has 2 aromatic carbocycles. The Kier molecular flexibility index (Phi) is 5.32. The van der Waals surface area contributed by atoms with Gasteiger partial charge in [-0.1, -0.05) is 48.0 Å². The summed E-state index contributed by atoms with van der Waals surface area (Å²) in [6.07, 6.45) is 3.48. The molecule has 0 fully saturated rings. The highest BCUT2D eigenvalue weighted by Crippen LogP contribution is 2.26. The standard InChI is InChI=1S/C21H15ClN4OS/c22-18-10-5-4-9-17(18)21(27)24-23-13-15-14-26(16-7-2-1-3-8-16)25-20(15)19-11-6-12-28-19/h1-14H,(H,24,27). The molecule has 0 radical (unpaired) electrons. The summed E-state index contributed by atoms with van der Waals surface area (Å²) in [6.45, 7) is 0. The van der Waals surface area contributed by atoms with Crippen LogP contribution in [-0.4, -0.2) is 21.9 Å². The van der Waals surface area contributed by atoms with Gasteiger partial charge in [0.15, 0.2) is 0 Å². The SMILES string of the molecule is O=C(NN=Cc1cn(-c2ccccc2)nc1-c1cccs1)c1ccccc1Cl. The van der Waals surface area contributed by atoms with Gasteiger partial charge in [0.1, 0.15) is 5.69 Å². The van der Waals surface area contributed by atoms with E-state index in [-0.39, 0.29) is 5.91 Å². The Labute approximate surface area is 170 Å². The van der Waals surface area contributed by atoms with Crippen molar-refractivity contribution in [3.63, 3.8) is 0 Å². The summed E-state index contributed by atoms with van der Waals surface area (Å²) in [5.74, 6) is -0.366. The van der Waals surface area contributed by atoms with Gasteiger partial charge in [-0.2, -0.15) is 10.2 Å². The Hall–Kier alpha value is -3.22. The predicted molar refractivity (Wildman–Crippen MR) is 113 cm³/mol. The highest BCUT2D eigenvalue weighted by Gasteiger charge is 2.12. The number of hydrogen-bond acceptors (Lipinski definition) is 4. The fourth-order valence-corrected chi connectivity index (χ4v) is 3.62. The molecule has 0 aliphatic rings. The molecule has 0 spiro atoms. The average Bonchev–Trinajstić information content (AvgIpc) is 3.39. The number of amides is 1. The molecule has 0 saturated carbocycles. The van der Waals surface area contributed by atoms with E-state index in [1.54, 1.807) is 46.5 Å². The van der Waals surface area contributed by atoms with E-state index in [0.717, 1.165) is 21.8 Å². The fourth-order valence-electron chi connectivity index (χ4n) is 2.67. The van der Waals surface area contributed by atoms with Crippen LogP contribution in [-0.2, 0) is 0 Å². The number of hydrogen-bond donors (Lipinski definition) is 1. The number of carbonyl (C=O) groups excluding carboxylic acids is 1. The Morgan fingerprint density at radius 1 is 1.07 bits per heavy atom. The first-order valence-electron chi connectivity index (χ1n) is 8.49. The van der Waals surface area contributed by atoms with Gasteiger partial charge in [0.2, 0.25) is 0 Å². The maximum absolute atomic E-state index is 12.3. The average molecular weight is 407 g/mol. The molecule has 28 heavy (non-hydrogen) atoms. The first-order chi connectivity index (χ1) is 13.7. The topological polar surface area (TPSA) is 59.3 Å². The van der Waals surface area contributed by atoms with Crippen LogP contribution in [0.5, 0.6) is 0 Å². The van der Waals surface area contributed by atoms with E-state index in [4.69, 9.17) is 16.7 Å². The molecular weight excluding hydrogens is 392 g/mol. The van der Waals surface area contributed by atoms with E-state index in [0.29, 0.717) is 10.6 Å². The number of benzene rings is 2. The van der Waals surface area contributed by atoms with Gasteiger partial charge in [-0.05, 0) is 35.7 Å². The smallest absolute Gasteiger partial charge is 0.267 e. The van der Waals surface area contributed by atoms with E-state index in [1.165, 1.54) is 0 Å². The number of halogens is 1. The zero-order valence-corrected chi connectivity index (χ0v) is 16.2. The number of nitrogens with one attached hydrogen (secondary N) is 1. The third-order valence-corrected chi connectivity index (χ3v) is 5.21. The number of nitrogens with zero attached hydrogens (tertiary/aromatic N) is 3. The lowest BCUT2D eigenvalue weighted by Gasteiger charge is -2.01. The molecule has 0 unspecified atom stereocenters. The molecule has 5 nitrogen and oxygen atoms in total. The maximum atomic E-state index is 12.3. The fraction of sp³-hybridized carbons (Fsp3) is 0. The van der Waals surface area contributed by atoms with Crippen molar-refractivity contribution in [2.45, 2.75) is 0 Å². The lowest BCUT2D eigenvalue weighted by molar-refractivity contribution is 0.0955. The molecule has 0 aliphatic heterocycles. The Balaban J connectivity index is 1.61. The van der Waals surface area contributed by atoms with Gasteiger partial charge < -0.3 is 0 Å². The molecule has 7 heteroatoms. The minimum absolute atomic E-state index is 0.366. The summed E-state index contributed by atoms with van der Waals surface area (Å²) < 4.78 is 1.80. The highest BCUT2D eigenvalue weighted by atomic mass is 35.5. The van der Waals surface area contributed by atoms with Crippen molar-refractivity contribution >= 4 is 35.1 Å². The molecule has 4 aromatic rings. The van der Waals surface area contributed by atoms with Crippen molar-refractivity contribution in [3.05, 3.63) is 94.5 Å². The van der Waals surface area contributed by atoms with Crippen LogP contribution in [0.2, 0.25) is 5.02 Å². The van der Waals surface area contributed by atoms with E-state index < -0.39 is 0 Å². The Morgan fingerprint density at radius 2 is 1.86 bits per heavy atom. The predicted octanol–water partition coefficient (Wildman–Crippen LogP) is 5.02.